The Hall–Kier alpha value is -2.50. The summed E-state index contributed by atoms with van der Waals surface area (Å²) in [6.45, 7) is 3.41. The number of hydrogen-bond donors (Lipinski definition) is 2. The molecular formula is C23H32N4O6S. The van der Waals surface area contributed by atoms with Gasteiger partial charge in [0.15, 0.2) is 6.61 Å². The lowest BCUT2D eigenvalue weighted by Gasteiger charge is -2.48. The Kier molecular flexibility index (Phi) is 7.84. The topological polar surface area (TPSA) is 126 Å². The van der Waals surface area contributed by atoms with Crippen molar-refractivity contribution in [3.63, 3.8) is 0 Å². The zero-order valence-electron chi connectivity index (χ0n) is 19.3. The van der Waals surface area contributed by atoms with Crippen molar-refractivity contribution in [3.8, 4) is 0 Å². The highest BCUT2D eigenvalue weighted by molar-refractivity contribution is 7.90. The molecule has 0 bridgehead atoms. The van der Waals surface area contributed by atoms with E-state index >= 15 is 0 Å². The zero-order valence-corrected chi connectivity index (χ0v) is 20.1. The number of amides is 1. The minimum atomic E-state index is -3.62. The predicted molar refractivity (Wildman–Crippen MR) is 125 cm³/mol. The number of esters is 1. The molecule has 11 heteroatoms. The quantitative estimate of drug-likeness (QED) is 0.514. The molecule has 1 aromatic carbocycles. The van der Waals surface area contributed by atoms with Crippen LogP contribution in [-0.2, 0) is 29.1 Å². The Bertz CT molecular complexity index is 1030. The molecule has 2 fully saturated rings. The van der Waals surface area contributed by atoms with Gasteiger partial charge in [-0.1, -0.05) is 31.4 Å². The van der Waals surface area contributed by atoms with Crippen molar-refractivity contribution < 1.29 is 27.5 Å². The Labute approximate surface area is 200 Å². The summed E-state index contributed by atoms with van der Waals surface area (Å²) < 4.78 is 37.2. The van der Waals surface area contributed by atoms with E-state index in [2.05, 4.69) is 19.9 Å². The fourth-order valence-corrected chi connectivity index (χ4v) is 6.15. The van der Waals surface area contributed by atoms with E-state index in [0.717, 1.165) is 38.8 Å². The van der Waals surface area contributed by atoms with Gasteiger partial charge >= 0.3 is 5.97 Å². The Morgan fingerprint density at radius 3 is 2.65 bits per heavy atom. The highest BCUT2D eigenvalue weighted by Crippen LogP contribution is 2.33. The van der Waals surface area contributed by atoms with Crippen LogP contribution in [-0.4, -0.2) is 82.6 Å². The number of sulfonamides is 1. The number of carbonyl (C=O) groups excluding carboxylic acids is 2. The fourth-order valence-electron chi connectivity index (χ4n) is 4.90. The average molecular weight is 493 g/mol. The first-order valence-electron chi connectivity index (χ1n) is 11.8. The van der Waals surface area contributed by atoms with Gasteiger partial charge in [0.25, 0.3) is 15.9 Å². The minimum absolute atomic E-state index is 0.0484. The van der Waals surface area contributed by atoms with Gasteiger partial charge in [-0.15, -0.1) is 0 Å². The van der Waals surface area contributed by atoms with Gasteiger partial charge in [0.1, 0.15) is 5.84 Å². The monoisotopic (exact) mass is 492 g/mol. The number of hydrogen-bond acceptors (Lipinski definition) is 8. The molecule has 1 aromatic rings. The largest absolute Gasteiger partial charge is 0.456 e. The van der Waals surface area contributed by atoms with Gasteiger partial charge in [-0.2, -0.15) is 0 Å². The number of nitrogens with one attached hydrogen (secondary N) is 2. The van der Waals surface area contributed by atoms with Gasteiger partial charge in [0.05, 0.1) is 31.1 Å². The number of nitrogens with zero attached hydrogens (tertiary/aromatic N) is 2. The molecule has 10 nitrogen and oxygen atoms in total. The van der Waals surface area contributed by atoms with Crippen molar-refractivity contribution >= 4 is 27.7 Å². The smallest absolute Gasteiger partial charge is 0.308 e. The normalized spacial score (nSPS) is 22.5. The lowest BCUT2D eigenvalue weighted by molar-refractivity contribution is -0.148. The van der Waals surface area contributed by atoms with Crippen LogP contribution < -0.4 is 10.0 Å². The van der Waals surface area contributed by atoms with Gasteiger partial charge < -0.3 is 14.8 Å². The SMILES string of the molecule is O=C(COC(=O)CCN=C1NS(=O)(=O)c2ccccc21)NCC1(N2CCOCC2)CCCCC1. The van der Waals surface area contributed by atoms with Crippen molar-refractivity contribution in [1.29, 1.82) is 0 Å². The van der Waals surface area contributed by atoms with Crippen molar-refractivity contribution in [2.45, 2.75) is 49.0 Å². The third kappa shape index (κ3) is 5.76. The van der Waals surface area contributed by atoms with Crippen molar-refractivity contribution in [3.05, 3.63) is 29.8 Å². The van der Waals surface area contributed by atoms with Gasteiger partial charge in [-0.3, -0.25) is 24.2 Å². The maximum atomic E-state index is 12.4. The van der Waals surface area contributed by atoms with Crippen LogP contribution in [0.5, 0.6) is 0 Å². The molecule has 0 aromatic heterocycles. The van der Waals surface area contributed by atoms with E-state index < -0.39 is 16.0 Å². The molecule has 1 aliphatic carbocycles. The van der Waals surface area contributed by atoms with E-state index in [0.29, 0.717) is 25.3 Å². The molecule has 3 aliphatic rings. The predicted octanol–water partition coefficient (Wildman–Crippen LogP) is 0.810. The molecule has 0 spiro atoms. The lowest BCUT2D eigenvalue weighted by Crippen LogP contribution is -2.59. The fraction of sp³-hybridized carbons (Fsp3) is 0.609. The number of ether oxygens (including phenoxy) is 2. The van der Waals surface area contributed by atoms with Gasteiger partial charge in [-0.05, 0) is 25.0 Å². The van der Waals surface area contributed by atoms with E-state index in [-0.39, 0.29) is 41.7 Å². The number of amidine groups is 1. The highest BCUT2D eigenvalue weighted by atomic mass is 32.2. The number of morpholine rings is 1. The van der Waals surface area contributed by atoms with E-state index in [1.807, 2.05) is 0 Å². The molecule has 1 saturated carbocycles. The Balaban J connectivity index is 1.22. The van der Waals surface area contributed by atoms with E-state index in [4.69, 9.17) is 9.47 Å². The molecular weight excluding hydrogens is 460 g/mol. The molecule has 0 radical (unpaired) electrons. The number of aliphatic imine (C=N–C) groups is 1. The van der Waals surface area contributed by atoms with E-state index in [9.17, 15) is 18.0 Å². The first-order valence-corrected chi connectivity index (χ1v) is 13.3. The summed E-state index contributed by atoms with van der Waals surface area (Å²) in [7, 11) is -3.62. The molecule has 34 heavy (non-hydrogen) atoms. The standard InChI is InChI=1S/C23H32N4O6S/c28-20(25-17-23(9-4-1-5-10-23)27-12-14-32-15-13-27)16-33-21(29)8-11-24-22-18-6-2-3-7-19(18)34(30,31)26-22/h2-3,6-7H,1,4-5,8-17H2,(H,24,26)(H,25,28). The second kappa shape index (κ2) is 10.8. The van der Waals surface area contributed by atoms with Crippen LogP contribution in [0.2, 0.25) is 0 Å². The molecule has 2 N–H and O–H groups in total. The molecule has 2 aliphatic heterocycles. The summed E-state index contributed by atoms with van der Waals surface area (Å²) in [4.78, 5) is 31.3. The lowest BCUT2D eigenvalue weighted by atomic mass is 9.79. The molecule has 2 heterocycles. The maximum Gasteiger partial charge on any atom is 0.308 e. The van der Waals surface area contributed by atoms with Crippen LogP contribution in [0.15, 0.2) is 34.2 Å². The molecule has 0 unspecified atom stereocenters. The Morgan fingerprint density at radius 1 is 1.15 bits per heavy atom. The van der Waals surface area contributed by atoms with Crippen molar-refractivity contribution in [2.24, 2.45) is 4.99 Å². The van der Waals surface area contributed by atoms with Gasteiger partial charge in [0, 0.05) is 30.7 Å². The number of fused-ring (bicyclic) bond motifs is 1. The van der Waals surface area contributed by atoms with Crippen LogP contribution in [0.4, 0.5) is 0 Å². The number of rotatable bonds is 8. The van der Waals surface area contributed by atoms with Crippen LogP contribution in [0.1, 0.15) is 44.1 Å². The summed E-state index contributed by atoms with van der Waals surface area (Å²) in [5, 5.41) is 2.96. The zero-order chi connectivity index (χ0) is 24.0. The van der Waals surface area contributed by atoms with E-state index in [1.54, 1.807) is 18.2 Å². The van der Waals surface area contributed by atoms with Crippen LogP contribution in [0, 0.1) is 0 Å². The van der Waals surface area contributed by atoms with Crippen LogP contribution in [0.25, 0.3) is 0 Å². The minimum Gasteiger partial charge on any atom is -0.456 e. The molecule has 1 saturated heterocycles. The highest BCUT2D eigenvalue weighted by Gasteiger charge is 2.38. The third-order valence-electron chi connectivity index (χ3n) is 6.69. The first kappa shape index (κ1) is 24.6. The second-order valence-electron chi connectivity index (χ2n) is 8.90. The molecule has 186 valence electrons. The van der Waals surface area contributed by atoms with Crippen LogP contribution >= 0.6 is 0 Å². The van der Waals surface area contributed by atoms with Crippen LogP contribution in [0.3, 0.4) is 0 Å². The summed E-state index contributed by atoms with van der Waals surface area (Å²) in [5.74, 6) is -0.674. The number of benzene rings is 1. The van der Waals surface area contributed by atoms with Crippen molar-refractivity contribution in [1.82, 2.24) is 14.9 Å². The second-order valence-corrected chi connectivity index (χ2v) is 10.6. The van der Waals surface area contributed by atoms with Crippen molar-refractivity contribution in [2.75, 3.05) is 46.0 Å². The average Bonchev–Trinajstić information content (AvgIpc) is 3.12. The van der Waals surface area contributed by atoms with Gasteiger partial charge in [-0.25, -0.2) is 8.42 Å². The first-order chi connectivity index (χ1) is 16.4. The maximum absolute atomic E-state index is 12.4. The van der Waals surface area contributed by atoms with Gasteiger partial charge in [0.2, 0.25) is 0 Å². The molecule has 0 atom stereocenters. The molecule has 4 rings (SSSR count). The summed E-state index contributed by atoms with van der Waals surface area (Å²) in [5.41, 5.74) is 0.426. The summed E-state index contributed by atoms with van der Waals surface area (Å²) in [6, 6.07) is 6.52. The summed E-state index contributed by atoms with van der Waals surface area (Å²) >= 11 is 0. The summed E-state index contributed by atoms with van der Waals surface area (Å²) in [6.07, 6.45) is 5.53. The molecule has 1 amide bonds. The number of carbonyl (C=O) groups is 2. The Morgan fingerprint density at radius 2 is 1.88 bits per heavy atom. The van der Waals surface area contributed by atoms with E-state index in [1.165, 1.54) is 12.5 Å². The third-order valence-corrected chi connectivity index (χ3v) is 8.09.